The largest absolute Gasteiger partial charge is 0.404 e. The first-order valence-corrected chi connectivity index (χ1v) is 5.33. The zero-order chi connectivity index (χ0) is 11.1. The van der Waals surface area contributed by atoms with Gasteiger partial charge in [0.25, 0.3) is 0 Å². The van der Waals surface area contributed by atoms with Crippen molar-refractivity contribution in [3.05, 3.63) is 23.2 Å². The molecule has 0 aromatic heterocycles. The minimum atomic E-state index is 0.430. The van der Waals surface area contributed by atoms with Crippen molar-refractivity contribution in [2.45, 2.75) is 40.0 Å². The summed E-state index contributed by atoms with van der Waals surface area (Å²) in [7, 11) is 0. The Kier molecular flexibility index (Phi) is 5.84. The summed E-state index contributed by atoms with van der Waals surface area (Å²) in [5.41, 5.74) is 18.8. The smallest absolute Gasteiger partial charge is 0.0972 e. The lowest BCUT2D eigenvalue weighted by atomic mass is 9.82. The van der Waals surface area contributed by atoms with Crippen molar-refractivity contribution < 1.29 is 0 Å². The summed E-state index contributed by atoms with van der Waals surface area (Å²) in [6.07, 6.45) is 4.98. The maximum Gasteiger partial charge on any atom is 0.0972 e. The Morgan fingerprint density at radius 1 is 1.36 bits per heavy atom. The third kappa shape index (κ3) is 2.98. The van der Waals surface area contributed by atoms with Gasteiger partial charge in [-0.3, -0.25) is 0 Å². The van der Waals surface area contributed by atoms with Crippen LogP contribution >= 0.6 is 0 Å². The second kappa shape index (κ2) is 6.35. The van der Waals surface area contributed by atoms with Crippen molar-refractivity contribution in [3.63, 3.8) is 0 Å². The van der Waals surface area contributed by atoms with Crippen LogP contribution in [0, 0.1) is 5.92 Å². The molecule has 0 aliphatic heterocycles. The topological polar surface area (TPSA) is 78.1 Å². The molecule has 82 valence electrons. The summed E-state index contributed by atoms with van der Waals surface area (Å²) >= 11 is 0. The lowest BCUT2D eigenvalue weighted by Gasteiger charge is -2.25. The minimum Gasteiger partial charge on any atom is -0.404 e. The number of rotatable bonds is 0. The normalized spacial score (nSPS) is 24.1. The average molecular weight is 197 g/mol. The number of hydrogen-bond donors (Lipinski definition) is 3. The van der Waals surface area contributed by atoms with Gasteiger partial charge in [0.1, 0.15) is 0 Å². The molecular weight excluding hydrogens is 174 g/mol. The summed E-state index contributed by atoms with van der Waals surface area (Å²) in [4.78, 5) is 0. The third-order valence-electron chi connectivity index (χ3n) is 2.43. The average Bonchev–Trinajstić information content (AvgIpc) is 2.19. The van der Waals surface area contributed by atoms with Crippen molar-refractivity contribution >= 4 is 0 Å². The molecule has 3 heteroatoms. The van der Waals surface area contributed by atoms with Gasteiger partial charge in [0.2, 0.25) is 0 Å². The highest BCUT2D eigenvalue weighted by Crippen LogP contribution is 2.33. The van der Waals surface area contributed by atoms with Crippen LogP contribution in [0.25, 0.3) is 0 Å². The molecule has 0 saturated heterocycles. The van der Waals surface area contributed by atoms with E-state index in [1.807, 2.05) is 13.8 Å². The van der Waals surface area contributed by atoms with Crippen LogP contribution in [0.15, 0.2) is 23.2 Å². The van der Waals surface area contributed by atoms with E-state index in [2.05, 4.69) is 6.92 Å². The van der Waals surface area contributed by atoms with Gasteiger partial charge in [0.15, 0.2) is 0 Å². The molecular formula is C11H23N3. The summed E-state index contributed by atoms with van der Waals surface area (Å²) in [5, 5.41) is 0. The zero-order valence-corrected chi connectivity index (χ0v) is 9.51. The van der Waals surface area contributed by atoms with Crippen molar-refractivity contribution in [2.75, 3.05) is 0 Å². The molecule has 1 aliphatic carbocycles. The highest BCUT2D eigenvalue weighted by molar-refractivity contribution is 5.36. The van der Waals surface area contributed by atoms with E-state index in [4.69, 9.17) is 17.2 Å². The van der Waals surface area contributed by atoms with Crippen molar-refractivity contribution in [1.82, 2.24) is 0 Å². The molecule has 6 N–H and O–H groups in total. The Balaban J connectivity index is 0.000000791. The Hall–Kier alpha value is -1.12. The zero-order valence-electron chi connectivity index (χ0n) is 9.51. The second-order valence-corrected chi connectivity index (χ2v) is 3.35. The first-order valence-electron chi connectivity index (χ1n) is 5.33. The van der Waals surface area contributed by atoms with Crippen molar-refractivity contribution in [1.29, 1.82) is 0 Å². The fraction of sp³-hybridized carbons (Fsp3) is 0.636. The standard InChI is InChI=1S/C9H17N3.C2H6/c1-6-3-2-4-7(5-10)8(6)9(11)12;1-2/h5-6H,2-4,10-12H2,1H3;1-2H3/b7-5-;. The van der Waals surface area contributed by atoms with Gasteiger partial charge in [-0.2, -0.15) is 0 Å². The molecule has 1 atom stereocenters. The van der Waals surface area contributed by atoms with Crippen LogP contribution in [0.5, 0.6) is 0 Å². The summed E-state index contributed by atoms with van der Waals surface area (Å²) in [5.74, 6) is 0.887. The van der Waals surface area contributed by atoms with Crippen LogP contribution in [0.1, 0.15) is 40.0 Å². The van der Waals surface area contributed by atoms with Crippen LogP contribution < -0.4 is 17.2 Å². The van der Waals surface area contributed by atoms with Gasteiger partial charge < -0.3 is 17.2 Å². The molecule has 0 spiro atoms. The molecule has 0 aromatic rings. The monoisotopic (exact) mass is 197 g/mol. The van der Waals surface area contributed by atoms with E-state index < -0.39 is 0 Å². The number of allylic oxidation sites excluding steroid dienone is 2. The van der Waals surface area contributed by atoms with E-state index in [9.17, 15) is 0 Å². The summed E-state index contributed by atoms with van der Waals surface area (Å²) in [6, 6.07) is 0. The molecule has 14 heavy (non-hydrogen) atoms. The van der Waals surface area contributed by atoms with Gasteiger partial charge in [-0.05, 0) is 42.5 Å². The predicted octanol–water partition coefficient (Wildman–Crippen LogP) is 1.80. The van der Waals surface area contributed by atoms with Crippen LogP contribution in [0.2, 0.25) is 0 Å². The van der Waals surface area contributed by atoms with Gasteiger partial charge in [-0.1, -0.05) is 20.8 Å². The highest BCUT2D eigenvalue weighted by atomic mass is 14.8. The molecule has 0 aromatic carbocycles. The minimum absolute atomic E-state index is 0.430. The molecule has 1 aliphatic rings. The quantitative estimate of drug-likeness (QED) is 0.554. The van der Waals surface area contributed by atoms with Crippen molar-refractivity contribution in [2.24, 2.45) is 23.1 Å². The number of hydrogen-bond acceptors (Lipinski definition) is 3. The van der Waals surface area contributed by atoms with Crippen LogP contribution in [0.4, 0.5) is 0 Å². The van der Waals surface area contributed by atoms with E-state index in [-0.39, 0.29) is 0 Å². The van der Waals surface area contributed by atoms with Gasteiger partial charge >= 0.3 is 0 Å². The predicted molar refractivity (Wildman–Crippen MR) is 62.0 cm³/mol. The van der Waals surface area contributed by atoms with Gasteiger partial charge in [0, 0.05) is 0 Å². The van der Waals surface area contributed by atoms with Gasteiger partial charge in [-0.15, -0.1) is 0 Å². The van der Waals surface area contributed by atoms with E-state index in [1.54, 1.807) is 6.20 Å². The van der Waals surface area contributed by atoms with Crippen LogP contribution in [-0.4, -0.2) is 0 Å². The Morgan fingerprint density at radius 3 is 2.29 bits per heavy atom. The Bertz CT molecular complexity index is 225. The van der Waals surface area contributed by atoms with E-state index in [0.717, 1.165) is 24.0 Å². The lowest BCUT2D eigenvalue weighted by molar-refractivity contribution is 0.532. The fourth-order valence-electron chi connectivity index (χ4n) is 1.84. The van der Waals surface area contributed by atoms with Gasteiger partial charge in [-0.25, -0.2) is 0 Å². The SMILES string of the molecule is CC.CC1CCC/C(=C/N)C1=C(N)N. The van der Waals surface area contributed by atoms with E-state index >= 15 is 0 Å². The van der Waals surface area contributed by atoms with E-state index in [0.29, 0.717) is 11.7 Å². The molecule has 0 amide bonds. The van der Waals surface area contributed by atoms with Crippen molar-refractivity contribution in [3.8, 4) is 0 Å². The molecule has 1 saturated carbocycles. The Morgan fingerprint density at radius 2 is 1.93 bits per heavy atom. The lowest BCUT2D eigenvalue weighted by Crippen LogP contribution is -2.21. The molecule has 0 heterocycles. The van der Waals surface area contributed by atoms with Crippen LogP contribution in [0.3, 0.4) is 0 Å². The van der Waals surface area contributed by atoms with Gasteiger partial charge in [0.05, 0.1) is 5.82 Å². The van der Waals surface area contributed by atoms with Crippen LogP contribution in [-0.2, 0) is 0 Å². The summed E-state index contributed by atoms with van der Waals surface area (Å²) in [6.45, 7) is 6.14. The Labute approximate surface area is 87.0 Å². The molecule has 1 rings (SSSR count). The first kappa shape index (κ1) is 12.9. The molecule has 3 nitrogen and oxygen atoms in total. The summed E-state index contributed by atoms with van der Waals surface area (Å²) < 4.78 is 0. The molecule has 0 bridgehead atoms. The second-order valence-electron chi connectivity index (χ2n) is 3.35. The maximum absolute atomic E-state index is 5.58. The molecule has 0 radical (unpaired) electrons. The molecule has 1 unspecified atom stereocenters. The fourth-order valence-corrected chi connectivity index (χ4v) is 1.84. The number of nitrogens with two attached hydrogens (primary N) is 3. The maximum atomic E-state index is 5.58. The molecule has 1 fully saturated rings. The first-order chi connectivity index (χ1) is 6.66. The van der Waals surface area contributed by atoms with E-state index in [1.165, 1.54) is 6.42 Å². The highest BCUT2D eigenvalue weighted by Gasteiger charge is 2.20. The third-order valence-corrected chi connectivity index (χ3v) is 2.43.